The van der Waals surface area contributed by atoms with Gasteiger partial charge >= 0.3 is 0 Å². The molecule has 1 fully saturated rings. The van der Waals surface area contributed by atoms with Gasteiger partial charge in [0.2, 0.25) is 0 Å². The predicted molar refractivity (Wildman–Crippen MR) is 82.3 cm³/mol. The number of benzene rings is 1. The maximum absolute atomic E-state index is 13.3. The van der Waals surface area contributed by atoms with Crippen LogP contribution in [0, 0.1) is 11.2 Å². The van der Waals surface area contributed by atoms with E-state index in [2.05, 4.69) is 28.2 Å². The van der Waals surface area contributed by atoms with Crippen LogP contribution in [0.5, 0.6) is 0 Å². The van der Waals surface area contributed by atoms with E-state index in [0.717, 1.165) is 48.8 Å². The van der Waals surface area contributed by atoms with Gasteiger partial charge in [0.05, 0.1) is 0 Å². The molecule has 0 amide bonds. The summed E-state index contributed by atoms with van der Waals surface area (Å²) < 4.78 is 14.2. The number of nitrogens with one attached hydrogen (secondary N) is 1. The lowest BCUT2D eigenvalue weighted by Gasteiger charge is -2.36. The number of Topliss-reactive ketones (excluding diaryl/α,β-unsaturated/α-hetero) is 1. The third-order valence-electron chi connectivity index (χ3n) is 4.24. The third-order valence-corrected chi connectivity index (χ3v) is 5.01. The zero-order valence-corrected chi connectivity index (χ0v) is 13.4. The predicted octanol–water partition coefficient (Wildman–Crippen LogP) is 3.87. The number of halogens is 2. The summed E-state index contributed by atoms with van der Waals surface area (Å²) in [5, 5.41) is 3.32. The molecule has 0 spiro atoms. The van der Waals surface area contributed by atoms with Crippen LogP contribution in [0.4, 0.5) is 4.39 Å². The normalized spacial score (nSPS) is 17.9. The first kappa shape index (κ1) is 15.6. The standard InChI is InChI=1S/C16H21BrFNO/c1-2-5-16(6-8-19-9-7-16)15(20)11-12-10-13(18)3-4-14(12)17/h3-4,10,19H,2,5-9,11H2,1H3. The van der Waals surface area contributed by atoms with E-state index in [9.17, 15) is 9.18 Å². The Morgan fingerprint density at radius 1 is 1.40 bits per heavy atom. The molecule has 0 bridgehead atoms. The van der Waals surface area contributed by atoms with Gasteiger partial charge in [-0.25, -0.2) is 4.39 Å². The molecule has 1 aromatic rings. The summed E-state index contributed by atoms with van der Waals surface area (Å²) in [7, 11) is 0. The van der Waals surface area contributed by atoms with Crippen LogP contribution in [0.15, 0.2) is 22.7 Å². The second-order valence-corrected chi connectivity index (χ2v) is 6.47. The van der Waals surface area contributed by atoms with E-state index >= 15 is 0 Å². The first-order valence-electron chi connectivity index (χ1n) is 7.25. The van der Waals surface area contributed by atoms with Crippen molar-refractivity contribution in [2.45, 2.75) is 39.0 Å². The molecule has 20 heavy (non-hydrogen) atoms. The van der Waals surface area contributed by atoms with E-state index in [0.29, 0.717) is 6.42 Å². The molecular formula is C16H21BrFNO. The monoisotopic (exact) mass is 341 g/mol. The molecule has 0 aromatic heterocycles. The molecule has 1 saturated heterocycles. The molecule has 1 N–H and O–H groups in total. The maximum Gasteiger partial charge on any atom is 0.143 e. The van der Waals surface area contributed by atoms with Gasteiger partial charge < -0.3 is 5.32 Å². The van der Waals surface area contributed by atoms with E-state index in [1.54, 1.807) is 6.07 Å². The molecule has 4 heteroatoms. The largest absolute Gasteiger partial charge is 0.317 e. The Bertz CT molecular complexity index is 478. The number of carbonyl (C=O) groups is 1. The molecule has 1 aliphatic heterocycles. The SMILES string of the molecule is CCCC1(C(=O)Cc2cc(F)ccc2Br)CCNCC1. The zero-order valence-electron chi connectivity index (χ0n) is 11.8. The average molecular weight is 342 g/mol. The van der Waals surface area contributed by atoms with Crippen LogP contribution in [-0.2, 0) is 11.2 Å². The summed E-state index contributed by atoms with van der Waals surface area (Å²) in [4.78, 5) is 12.8. The molecule has 0 atom stereocenters. The quantitative estimate of drug-likeness (QED) is 0.880. The van der Waals surface area contributed by atoms with Crippen LogP contribution in [0.25, 0.3) is 0 Å². The number of hydrogen-bond donors (Lipinski definition) is 1. The fraction of sp³-hybridized carbons (Fsp3) is 0.562. The highest BCUT2D eigenvalue weighted by Crippen LogP contribution is 2.36. The third kappa shape index (κ3) is 3.47. The first-order valence-corrected chi connectivity index (χ1v) is 8.05. The number of piperidine rings is 1. The summed E-state index contributed by atoms with van der Waals surface area (Å²) in [5.41, 5.74) is 0.537. The fourth-order valence-corrected chi connectivity index (χ4v) is 3.48. The van der Waals surface area contributed by atoms with E-state index in [1.807, 2.05) is 0 Å². The molecule has 1 aliphatic rings. The van der Waals surface area contributed by atoms with Gasteiger partial charge in [0, 0.05) is 16.3 Å². The van der Waals surface area contributed by atoms with Crippen LogP contribution in [0.1, 0.15) is 38.2 Å². The van der Waals surface area contributed by atoms with E-state index < -0.39 is 0 Å². The second kappa shape index (κ2) is 6.81. The van der Waals surface area contributed by atoms with Gasteiger partial charge in [-0.2, -0.15) is 0 Å². The highest BCUT2D eigenvalue weighted by Gasteiger charge is 2.38. The van der Waals surface area contributed by atoms with Crippen LogP contribution >= 0.6 is 15.9 Å². The Morgan fingerprint density at radius 3 is 2.75 bits per heavy atom. The zero-order chi connectivity index (χ0) is 14.6. The minimum Gasteiger partial charge on any atom is -0.317 e. The molecule has 2 nitrogen and oxygen atoms in total. The molecule has 1 heterocycles. The Hall–Kier alpha value is -0.740. The molecule has 1 aromatic carbocycles. The van der Waals surface area contributed by atoms with E-state index in [1.165, 1.54) is 12.1 Å². The van der Waals surface area contributed by atoms with Gasteiger partial charge in [-0.05, 0) is 56.1 Å². The number of hydrogen-bond acceptors (Lipinski definition) is 2. The second-order valence-electron chi connectivity index (χ2n) is 5.62. The summed E-state index contributed by atoms with van der Waals surface area (Å²) in [6.45, 7) is 3.92. The van der Waals surface area contributed by atoms with Crippen molar-refractivity contribution in [3.63, 3.8) is 0 Å². The highest BCUT2D eigenvalue weighted by atomic mass is 79.9. The topological polar surface area (TPSA) is 29.1 Å². The fourth-order valence-electron chi connectivity index (χ4n) is 3.09. The molecule has 0 saturated carbocycles. The summed E-state index contributed by atoms with van der Waals surface area (Å²) in [5.74, 6) is -0.0296. The van der Waals surface area contributed by atoms with Crippen molar-refractivity contribution in [1.82, 2.24) is 5.32 Å². The van der Waals surface area contributed by atoms with Crippen molar-refractivity contribution < 1.29 is 9.18 Å². The number of ketones is 1. The van der Waals surface area contributed by atoms with Crippen LogP contribution in [-0.4, -0.2) is 18.9 Å². The van der Waals surface area contributed by atoms with Gasteiger partial charge in [0.1, 0.15) is 11.6 Å². The molecule has 0 unspecified atom stereocenters. The first-order chi connectivity index (χ1) is 9.57. The summed E-state index contributed by atoms with van der Waals surface area (Å²) in [6, 6.07) is 4.54. The highest BCUT2D eigenvalue weighted by molar-refractivity contribution is 9.10. The van der Waals surface area contributed by atoms with Crippen molar-refractivity contribution in [2.75, 3.05) is 13.1 Å². The summed E-state index contributed by atoms with van der Waals surface area (Å²) in [6.07, 6.45) is 4.05. The van der Waals surface area contributed by atoms with Gasteiger partial charge in [0.25, 0.3) is 0 Å². The van der Waals surface area contributed by atoms with Gasteiger partial charge in [-0.15, -0.1) is 0 Å². The molecule has 2 rings (SSSR count). The minimum absolute atomic E-state index is 0.217. The Balaban J connectivity index is 2.18. The van der Waals surface area contributed by atoms with Crippen LogP contribution in [0.3, 0.4) is 0 Å². The molecule has 0 radical (unpaired) electrons. The molecule has 0 aliphatic carbocycles. The number of rotatable bonds is 5. The smallest absolute Gasteiger partial charge is 0.143 e. The van der Waals surface area contributed by atoms with Crippen LogP contribution < -0.4 is 5.32 Å². The average Bonchev–Trinajstić information content (AvgIpc) is 2.44. The van der Waals surface area contributed by atoms with E-state index in [-0.39, 0.29) is 17.0 Å². The molecular weight excluding hydrogens is 321 g/mol. The Kier molecular flexibility index (Phi) is 5.33. The summed E-state index contributed by atoms with van der Waals surface area (Å²) >= 11 is 3.41. The Morgan fingerprint density at radius 2 is 2.10 bits per heavy atom. The lowest BCUT2D eigenvalue weighted by molar-refractivity contribution is -0.130. The molecule has 110 valence electrons. The minimum atomic E-state index is -0.286. The number of carbonyl (C=O) groups excluding carboxylic acids is 1. The maximum atomic E-state index is 13.3. The van der Waals surface area contributed by atoms with Crippen molar-refractivity contribution >= 4 is 21.7 Å². The lowest BCUT2D eigenvalue weighted by Crippen LogP contribution is -2.42. The van der Waals surface area contributed by atoms with E-state index in [4.69, 9.17) is 0 Å². The van der Waals surface area contributed by atoms with Crippen molar-refractivity contribution in [1.29, 1.82) is 0 Å². The van der Waals surface area contributed by atoms with Gasteiger partial charge in [-0.3, -0.25) is 4.79 Å². The van der Waals surface area contributed by atoms with Gasteiger partial charge in [-0.1, -0.05) is 29.3 Å². The van der Waals surface area contributed by atoms with Crippen LogP contribution in [0.2, 0.25) is 0 Å². The van der Waals surface area contributed by atoms with Crippen molar-refractivity contribution in [2.24, 2.45) is 5.41 Å². The van der Waals surface area contributed by atoms with Crippen molar-refractivity contribution in [3.8, 4) is 0 Å². The van der Waals surface area contributed by atoms with Crippen molar-refractivity contribution in [3.05, 3.63) is 34.1 Å². The van der Waals surface area contributed by atoms with Gasteiger partial charge in [0.15, 0.2) is 0 Å². The lowest BCUT2D eigenvalue weighted by atomic mass is 9.70. The Labute approximate surface area is 128 Å².